The van der Waals surface area contributed by atoms with E-state index in [1.165, 1.54) is 0 Å². The molecule has 0 saturated carbocycles. The number of hydrogen-bond acceptors (Lipinski definition) is 5. The Labute approximate surface area is 94.5 Å². The van der Waals surface area contributed by atoms with Crippen LogP contribution in [-0.4, -0.2) is 9.79 Å². The van der Waals surface area contributed by atoms with E-state index in [1.807, 2.05) is 0 Å². The van der Waals surface area contributed by atoms with Gasteiger partial charge in [0.2, 0.25) is 24.0 Å². The Bertz CT molecular complexity index is 157. The Hall–Kier alpha value is 1.73. The van der Waals surface area contributed by atoms with Gasteiger partial charge in [-0.25, -0.2) is 4.57 Å². The van der Waals surface area contributed by atoms with Crippen molar-refractivity contribution in [2.24, 2.45) is 0 Å². The fourth-order valence-corrected chi connectivity index (χ4v) is 1.17. The van der Waals surface area contributed by atoms with E-state index in [0.29, 0.717) is 0 Å². The summed E-state index contributed by atoms with van der Waals surface area (Å²) in [6, 6.07) is 0. The number of phosphoric acid groups is 2. The van der Waals surface area contributed by atoms with E-state index in [4.69, 9.17) is 9.79 Å². The van der Waals surface area contributed by atoms with Gasteiger partial charge in [0.1, 0.15) is 0 Å². The first-order valence-electron chi connectivity index (χ1n) is 1.50. The summed E-state index contributed by atoms with van der Waals surface area (Å²) >= 11 is 0. The molecule has 2 N–H and O–H groups in total. The Kier molecular flexibility index (Phi) is 10.5. The zero-order chi connectivity index (χ0) is 7.71. The van der Waals surface area contributed by atoms with E-state index in [9.17, 15) is 18.9 Å². The molecule has 0 radical (unpaired) electrons. The van der Waals surface area contributed by atoms with Gasteiger partial charge in [0.25, 0.3) is 0 Å². The van der Waals surface area contributed by atoms with Crippen molar-refractivity contribution in [3.05, 3.63) is 0 Å². The van der Waals surface area contributed by atoms with E-state index >= 15 is 0 Å². The Morgan fingerprint density at radius 3 is 1.45 bits per heavy atom. The van der Waals surface area contributed by atoms with Crippen LogP contribution in [0.3, 0.4) is 0 Å². The van der Waals surface area contributed by atoms with Gasteiger partial charge in [-0.15, -0.1) is 0 Å². The van der Waals surface area contributed by atoms with Gasteiger partial charge in [-0.2, -0.15) is 0 Å². The van der Waals surface area contributed by atoms with E-state index < -0.39 is 15.6 Å². The van der Waals surface area contributed by atoms with Crippen LogP contribution in [0.5, 0.6) is 0 Å². The Morgan fingerprint density at radius 2 is 1.45 bits per heavy atom. The molecule has 0 aliphatic heterocycles. The summed E-state index contributed by atoms with van der Waals surface area (Å²) in [6.07, 6.45) is 0. The Balaban J connectivity index is -0.000000320. The normalized spacial score (nSPS) is 11.3. The van der Waals surface area contributed by atoms with Crippen molar-refractivity contribution in [3.63, 3.8) is 0 Å². The molecule has 0 aromatic heterocycles. The zero-order valence-corrected chi connectivity index (χ0v) is 10.4. The van der Waals surface area contributed by atoms with E-state index in [0.717, 1.165) is 0 Å². The van der Waals surface area contributed by atoms with Gasteiger partial charge in [0, 0.05) is 0 Å². The van der Waals surface area contributed by atoms with Gasteiger partial charge in [0.15, 0.2) is 0 Å². The molecule has 0 unspecified atom stereocenters. The minimum absolute atomic E-state index is 0. The van der Waals surface area contributed by atoms with Crippen molar-refractivity contribution in [2.75, 3.05) is 0 Å². The minimum atomic E-state index is -5.55. The average Bonchev–Trinajstić information content (AvgIpc) is 1.14. The van der Waals surface area contributed by atoms with Crippen LogP contribution >= 0.6 is 15.6 Å². The van der Waals surface area contributed by atoms with Crippen molar-refractivity contribution in [1.82, 2.24) is 0 Å². The molecule has 0 heterocycles. The largest absolute Gasteiger partial charge is 1.00 e. The summed E-state index contributed by atoms with van der Waals surface area (Å²) in [5.41, 5.74) is 0. The Morgan fingerprint density at radius 1 is 1.18 bits per heavy atom. The van der Waals surface area contributed by atoms with Crippen molar-refractivity contribution < 1.29 is 79.4 Å². The number of rotatable bonds is 2. The fourth-order valence-electron chi connectivity index (χ4n) is 0.130. The first-order chi connectivity index (χ1) is 3.71. The van der Waals surface area contributed by atoms with Gasteiger partial charge in [-0.1, -0.05) is 0 Å². The van der Waals surface area contributed by atoms with Crippen LogP contribution in [0.2, 0.25) is 0 Å². The number of hydrogen-bond donors (Lipinski definition) is 2. The van der Waals surface area contributed by atoms with E-state index in [1.54, 1.807) is 0 Å². The summed E-state index contributed by atoms with van der Waals surface area (Å²) in [6.45, 7) is 0. The molecule has 0 rings (SSSR count). The molecule has 11 heavy (non-hydrogen) atoms. The molecule has 0 aliphatic rings. The second-order valence-electron chi connectivity index (χ2n) is 1.02. The molecule has 0 saturated heterocycles. The van der Waals surface area contributed by atoms with Crippen LogP contribution in [0.25, 0.3) is 0 Å². The van der Waals surface area contributed by atoms with E-state index in [-0.39, 0.29) is 46.4 Å². The topological polar surface area (TPSA) is 130 Å². The quantitative estimate of drug-likeness (QED) is 0.263. The summed E-state index contributed by atoms with van der Waals surface area (Å²) in [4.78, 5) is 34.1. The predicted octanol–water partition coefficient (Wildman–Crippen LogP) is -5.61. The van der Waals surface area contributed by atoms with Crippen molar-refractivity contribution in [3.8, 4) is 0 Å². The zero-order valence-electron chi connectivity index (χ0n) is 4.58. The summed E-state index contributed by atoms with van der Waals surface area (Å²) < 4.78 is 21.7. The van der Waals surface area contributed by atoms with Gasteiger partial charge >= 0.3 is 30.2 Å². The molecule has 0 aromatic carbocycles. The number of halogens is 1. The summed E-state index contributed by atoms with van der Waals surface area (Å²) in [5, 5.41) is 0. The second-order valence-corrected chi connectivity index (χ2v) is 3.55. The molecule has 0 aromatic rings. The predicted molar refractivity (Wildman–Crippen MR) is 23.5 cm³/mol. The molecule has 0 amide bonds. The standard InChI is InChI=1S/Ag.H2I.H4O7P2/c;;1-8(2,3)7-9(4,5)6/h;1H2;(H2,1,2,3)(H2,4,5,6)/q2*+1;/p-2. The molecule has 74 valence electrons. The average molecular weight is 413 g/mol. The molecule has 0 fully saturated rings. The van der Waals surface area contributed by atoms with Crippen molar-refractivity contribution >= 4 is 15.6 Å². The minimum Gasteiger partial charge on any atom is -0.789 e. The van der Waals surface area contributed by atoms with Crippen LogP contribution in [0, 0.1) is 0 Å². The first-order valence-corrected chi connectivity index (χ1v) is 4.49. The molecular weight excluding hydrogens is 409 g/mol. The van der Waals surface area contributed by atoms with Gasteiger partial charge in [-0.05, 0) is 0 Å². The SMILES string of the molecule is O=P([O-])([O-])OP(=O)(O)O.[Ag+].[IH2+]. The third kappa shape index (κ3) is 18.6. The van der Waals surface area contributed by atoms with Crippen LogP contribution < -0.4 is 33.8 Å². The van der Waals surface area contributed by atoms with Crippen molar-refractivity contribution in [1.29, 1.82) is 0 Å². The van der Waals surface area contributed by atoms with Crippen LogP contribution in [0.15, 0.2) is 0 Å². The fraction of sp³-hybridized carbons (Fsp3) is 0. The molecule has 7 nitrogen and oxygen atoms in total. The maximum Gasteiger partial charge on any atom is 1.00 e. The van der Waals surface area contributed by atoms with Crippen LogP contribution in [0.1, 0.15) is 0 Å². The van der Waals surface area contributed by atoms with Gasteiger partial charge in [-0.3, -0.25) is 4.31 Å². The molecule has 0 aliphatic carbocycles. The molecule has 0 atom stereocenters. The van der Waals surface area contributed by atoms with Crippen molar-refractivity contribution in [2.45, 2.75) is 0 Å². The molecule has 0 bridgehead atoms. The van der Waals surface area contributed by atoms with Gasteiger partial charge < -0.3 is 24.1 Å². The monoisotopic (exact) mass is 412 g/mol. The van der Waals surface area contributed by atoms with E-state index in [2.05, 4.69) is 4.31 Å². The summed E-state index contributed by atoms with van der Waals surface area (Å²) in [5.74, 6) is 0. The third-order valence-corrected chi connectivity index (χ3v) is 1.86. The maximum absolute atomic E-state index is 9.55. The first kappa shape index (κ1) is 18.5. The van der Waals surface area contributed by atoms with Gasteiger partial charge in [0.05, 0.1) is 7.82 Å². The maximum atomic E-state index is 9.55. The third-order valence-electron chi connectivity index (χ3n) is 0.206. The second kappa shape index (κ2) is 6.22. The smallest absolute Gasteiger partial charge is 0.789 e. The van der Waals surface area contributed by atoms with Crippen LogP contribution in [-0.2, 0) is 35.8 Å². The molecule has 0 spiro atoms. The summed E-state index contributed by atoms with van der Waals surface area (Å²) in [7, 11) is -10.7. The molecular formula is H4AgIO7P2. The van der Waals surface area contributed by atoms with Crippen LogP contribution in [0.4, 0.5) is 0 Å². The molecule has 11 heteroatoms.